The van der Waals surface area contributed by atoms with Crippen LogP contribution in [0.3, 0.4) is 0 Å². The molecule has 188 valence electrons. The fraction of sp³-hybridized carbons (Fsp3) is 0. The van der Waals surface area contributed by atoms with E-state index in [1.165, 1.54) is 49.0 Å². The number of hydrogen-bond donors (Lipinski definition) is 0. The molecular formula is C35H25Se4+. The summed E-state index contributed by atoms with van der Waals surface area (Å²) in [4.78, 5) is 4.63. The molecule has 0 unspecified atom stereocenters. The molecule has 0 bridgehead atoms. The van der Waals surface area contributed by atoms with E-state index >= 15 is 0 Å². The van der Waals surface area contributed by atoms with Crippen LogP contribution in [-0.4, -0.2) is 58.5 Å². The second-order valence-corrected chi connectivity index (χ2v) is 17.4. The predicted molar refractivity (Wildman–Crippen MR) is 173 cm³/mol. The van der Waals surface area contributed by atoms with Crippen molar-refractivity contribution in [3.8, 4) is 18.9 Å². The van der Waals surface area contributed by atoms with E-state index in [-0.39, 0.29) is 0 Å². The summed E-state index contributed by atoms with van der Waals surface area (Å²) in [5, 5.41) is 0. The molecular weight excluding hydrogens is 736 g/mol. The SMILES string of the molecule is C1=C(c2ccccc2)[Se]C(c2ccc[se]2)=C/C1=C/C=C/C=C/c1cc(-c2ccccc2)[se+]c(-c2ccc[se]2)c1. The van der Waals surface area contributed by atoms with Gasteiger partial charge in [-0.3, -0.25) is 0 Å². The first-order valence-corrected chi connectivity index (χ1v) is 19.8. The Labute approximate surface area is 254 Å². The maximum absolute atomic E-state index is 2.40. The third kappa shape index (κ3) is 7.00. The van der Waals surface area contributed by atoms with Gasteiger partial charge in [0.15, 0.2) is 0 Å². The molecule has 0 nitrogen and oxygen atoms in total. The molecule has 4 heteroatoms. The van der Waals surface area contributed by atoms with Crippen molar-refractivity contribution in [2.75, 3.05) is 0 Å². The van der Waals surface area contributed by atoms with Crippen LogP contribution in [0.5, 0.6) is 0 Å². The monoisotopic (exact) mass is 765 g/mol. The van der Waals surface area contributed by atoms with Gasteiger partial charge in [0.05, 0.1) is 0 Å². The van der Waals surface area contributed by atoms with Crippen LogP contribution in [0.15, 0.2) is 149 Å². The number of allylic oxidation sites excluding steroid dienone is 7. The minimum absolute atomic E-state index is 0.333. The van der Waals surface area contributed by atoms with Gasteiger partial charge in [0.2, 0.25) is 0 Å². The molecule has 39 heavy (non-hydrogen) atoms. The van der Waals surface area contributed by atoms with E-state index in [2.05, 4.69) is 149 Å². The van der Waals surface area contributed by atoms with Gasteiger partial charge < -0.3 is 0 Å². The number of hydrogen-bond acceptors (Lipinski definition) is 0. The molecule has 0 saturated carbocycles. The Balaban J connectivity index is 1.27. The Bertz CT molecular complexity index is 1680. The summed E-state index contributed by atoms with van der Waals surface area (Å²) < 4.78 is 8.97. The summed E-state index contributed by atoms with van der Waals surface area (Å²) in [6.45, 7) is 0. The third-order valence-electron chi connectivity index (χ3n) is 6.08. The zero-order valence-electron chi connectivity index (χ0n) is 21.1. The molecule has 0 fully saturated rings. The summed E-state index contributed by atoms with van der Waals surface area (Å²) in [6, 6.07) is 35.5. The maximum atomic E-state index is 2.40. The van der Waals surface area contributed by atoms with Crippen LogP contribution in [0.25, 0.3) is 33.9 Å². The van der Waals surface area contributed by atoms with Gasteiger partial charge in [0.25, 0.3) is 0 Å². The first-order chi connectivity index (χ1) is 19.3. The van der Waals surface area contributed by atoms with Crippen LogP contribution >= 0.6 is 0 Å². The van der Waals surface area contributed by atoms with E-state index in [4.69, 9.17) is 0 Å². The third-order valence-corrected chi connectivity index (χ3v) is 15.9. The summed E-state index contributed by atoms with van der Waals surface area (Å²) in [7, 11) is 0. The van der Waals surface area contributed by atoms with E-state index in [0.717, 1.165) is 0 Å². The fourth-order valence-corrected chi connectivity index (χ4v) is 13.2. The second-order valence-electron chi connectivity index (χ2n) is 8.84. The molecule has 3 aromatic heterocycles. The molecule has 2 aromatic carbocycles. The molecule has 6 rings (SSSR count). The van der Waals surface area contributed by atoms with Gasteiger partial charge in [0, 0.05) is 0 Å². The Morgan fingerprint density at radius 2 is 1.23 bits per heavy atom. The quantitative estimate of drug-likeness (QED) is 0.118. The fourth-order valence-electron chi connectivity index (χ4n) is 4.20. The van der Waals surface area contributed by atoms with Gasteiger partial charge in [-0.05, 0) is 0 Å². The normalized spacial score (nSPS) is 14.7. The molecule has 0 aliphatic carbocycles. The van der Waals surface area contributed by atoms with Gasteiger partial charge in [-0.2, -0.15) is 0 Å². The molecule has 0 atom stereocenters. The Hall–Kier alpha value is -2.47. The predicted octanol–water partition coefficient (Wildman–Crippen LogP) is 7.77. The van der Waals surface area contributed by atoms with Gasteiger partial charge >= 0.3 is 257 Å². The van der Waals surface area contributed by atoms with Crippen LogP contribution in [0, 0.1) is 0 Å². The molecule has 1 aliphatic rings. The van der Waals surface area contributed by atoms with Crippen molar-refractivity contribution in [1.82, 2.24) is 0 Å². The molecule has 0 spiro atoms. The molecule has 4 heterocycles. The first kappa shape index (κ1) is 26.7. The van der Waals surface area contributed by atoms with E-state index in [1.54, 1.807) is 0 Å². The Kier molecular flexibility index (Phi) is 9.09. The van der Waals surface area contributed by atoms with Crippen LogP contribution in [0.1, 0.15) is 15.6 Å². The van der Waals surface area contributed by atoms with Crippen molar-refractivity contribution in [3.63, 3.8) is 0 Å². The molecule has 0 amide bonds. The zero-order valence-corrected chi connectivity index (χ0v) is 27.9. The molecule has 0 N–H and O–H groups in total. The van der Waals surface area contributed by atoms with E-state index in [0.29, 0.717) is 58.5 Å². The Morgan fingerprint density at radius 1 is 0.564 bits per heavy atom. The van der Waals surface area contributed by atoms with Gasteiger partial charge in [0.1, 0.15) is 0 Å². The van der Waals surface area contributed by atoms with Crippen molar-refractivity contribution in [1.29, 1.82) is 0 Å². The zero-order chi connectivity index (χ0) is 26.3. The second kappa shape index (κ2) is 13.3. The van der Waals surface area contributed by atoms with Crippen LogP contribution < -0.4 is 0 Å². The standard InChI is InChI=1S/C35H25Se4/c1(4-12-26-22-32(28-14-6-2-7-15-28)38-34(24-26)30-18-10-20-36-30)5-13-27-23-33(29-16-8-3-9-17-29)39-35(25-27)31-19-11-21-37-31/h1-25H/q+1. The van der Waals surface area contributed by atoms with Crippen molar-refractivity contribution >= 4 is 73.5 Å². The molecule has 5 aromatic rings. The van der Waals surface area contributed by atoms with E-state index < -0.39 is 0 Å². The van der Waals surface area contributed by atoms with Gasteiger partial charge in [-0.25, -0.2) is 0 Å². The average Bonchev–Trinajstić information content (AvgIpc) is 3.73. The molecule has 0 saturated heterocycles. The summed E-state index contributed by atoms with van der Waals surface area (Å²) in [5.74, 6) is 0. The number of rotatable bonds is 7. The summed E-state index contributed by atoms with van der Waals surface area (Å²) in [6.07, 6.45) is 15.8. The average molecular weight is 761 g/mol. The van der Waals surface area contributed by atoms with Crippen molar-refractivity contribution in [3.05, 3.63) is 165 Å². The molecule has 0 radical (unpaired) electrons. The van der Waals surface area contributed by atoms with Crippen molar-refractivity contribution in [2.45, 2.75) is 0 Å². The topological polar surface area (TPSA) is 0 Å². The first-order valence-electron chi connectivity index (χ1n) is 12.6. The summed E-state index contributed by atoms with van der Waals surface area (Å²) in [5.41, 5.74) is 5.22. The van der Waals surface area contributed by atoms with Crippen molar-refractivity contribution < 1.29 is 0 Å². The summed E-state index contributed by atoms with van der Waals surface area (Å²) >= 11 is 1.58. The van der Waals surface area contributed by atoms with E-state index in [9.17, 15) is 0 Å². The van der Waals surface area contributed by atoms with Gasteiger partial charge in [-0.1, -0.05) is 0 Å². The number of benzene rings is 2. The molecule has 1 aliphatic heterocycles. The van der Waals surface area contributed by atoms with Crippen LogP contribution in [0.4, 0.5) is 0 Å². The van der Waals surface area contributed by atoms with Gasteiger partial charge in [-0.15, -0.1) is 0 Å². The van der Waals surface area contributed by atoms with E-state index in [1.807, 2.05) is 0 Å². The van der Waals surface area contributed by atoms with Crippen molar-refractivity contribution in [2.24, 2.45) is 0 Å². The Morgan fingerprint density at radius 3 is 1.95 bits per heavy atom. The minimum atomic E-state index is 0.333. The van der Waals surface area contributed by atoms with Crippen LogP contribution in [-0.2, 0) is 0 Å². The van der Waals surface area contributed by atoms with Crippen LogP contribution in [0.2, 0.25) is 0 Å².